The molecule has 37 heavy (non-hydrogen) atoms. The Morgan fingerprint density at radius 3 is 2.11 bits per heavy atom. The first-order chi connectivity index (χ1) is 17.7. The van der Waals surface area contributed by atoms with Gasteiger partial charge >= 0.3 is 11.9 Å². The zero-order valence-electron chi connectivity index (χ0n) is 25.5. The number of esters is 2. The van der Waals surface area contributed by atoms with E-state index >= 15 is 0 Å². The van der Waals surface area contributed by atoms with Crippen molar-refractivity contribution in [2.75, 3.05) is 19.8 Å². The fraction of sp³-hybridized carbons (Fsp3) is 0.806. The van der Waals surface area contributed by atoms with Crippen LogP contribution in [0.2, 0.25) is 0 Å². The molecule has 6 nitrogen and oxygen atoms in total. The van der Waals surface area contributed by atoms with Crippen LogP contribution in [0, 0.1) is 17.8 Å². The molecule has 0 N–H and O–H groups in total. The van der Waals surface area contributed by atoms with Crippen molar-refractivity contribution in [1.29, 1.82) is 0 Å². The predicted molar refractivity (Wildman–Crippen MR) is 153 cm³/mol. The van der Waals surface area contributed by atoms with Crippen LogP contribution in [-0.4, -0.2) is 44.2 Å². The Labute approximate surface area is 228 Å². The largest absolute Gasteiger partial charge is 0.460 e. The second-order valence-corrected chi connectivity index (χ2v) is 9.69. The summed E-state index contributed by atoms with van der Waals surface area (Å²) in [5.41, 5.74) is 1.10. The number of hydrogen-bond donors (Lipinski definition) is 0. The second kappa shape index (κ2) is 23.5. The van der Waals surface area contributed by atoms with Crippen molar-refractivity contribution in [1.82, 2.24) is 0 Å². The van der Waals surface area contributed by atoms with Crippen LogP contribution < -0.4 is 0 Å². The van der Waals surface area contributed by atoms with Gasteiger partial charge in [-0.15, -0.1) is 0 Å². The standard InChI is InChI=1S/C14H24O3.C13H22O3.2C2H6/c1-5-7-10(3)14(15)17-13-8-11(4)12(6-2)9-16-13;1-10(2)8-11(3)13(14)16-9-12-6-4-5-7-15-12;2*1-2/h11-13H,3,5-9H2,1-2,4H3;10,12H,3-9H2,1-2H3;2*1-2H3. The van der Waals surface area contributed by atoms with E-state index in [0.717, 1.165) is 45.1 Å². The summed E-state index contributed by atoms with van der Waals surface area (Å²) in [5, 5.41) is 0. The molecular weight excluding hydrogens is 468 g/mol. The molecule has 218 valence electrons. The highest BCUT2D eigenvalue weighted by molar-refractivity contribution is 5.88. The Morgan fingerprint density at radius 1 is 0.973 bits per heavy atom. The lowest BCUT2D eigenvalue weighted by molar-refractivity contribution is -0.196. The zero-order chi connectivity index (χ0) is 28.8. The van der Waals surface area contributed by atoms with Crippen molar-refractivity contribution >= 4 is 11.9 Å². The van der Waals surface area contributed by atoms with E-state index in [1.807, 2.05) is 34.6 Å². The van der Waals surface area contributed by atoms with Gasteiger partial charge in [0.1, 0.15) is 6.61 Å². The molecule has 0 aromatic rings. The molecule has 0 aromatic carbocycles. The van der Waals surface area contributed by atoms with Gasteiger partial charge in [-0.3, -0.25) is 0 Å². The summed E-state index contributed by atoms with van der Waals surface area (Å²) in [4.78, 5) is 23.2. The lowest BCUT2D eigenvalue weighted by Gasteiger charge is -2.33. The van der Waals surface area contributed by atoms with Gasteiger partial charge in [-0.05, 0) is 49.9 Å². The Bertz CT molecular complexity index is 621. The van der Waals surface area contributed by atoms with E-state index < -0.39 is 0 Å². The summed E-state index contributed by atoms with van der Waals surface area (Å²) in [6.07, 6.45) is 7.19. The van der Waals surface area contributed by atoms with Crippen LogP contribution in [0.3, 0.4) is 0 Å². The maximum Gasteiger partial charge on any atom is 0.335 e. The molecule has 2 heterocycles. The minimum Gasteiger partial charge on any atom is -0.460 e. The second-order valence-electron chi connectivity index (χ2n) is 9.69. The lowest BCUT2D eigenvalue weighted by Crippen LogP contribution is -2.35. The third-order valence-corrected chi connectivity index (χ3v) is 6.09. The van der Waals surface area contributed by atoms with Gasteiger partial charge in [-0.1, -0.05) is 88.3 Å². The molecule has 6 heteroatoms. The molecular formula is C31H58O6. The highest BCUT2D eigenvalue weighted by Crippen LogP contribution is 2.28. The molecule has 2 aliphatic heterocycles. The maximum atomic E-state index is 11.7. The van der Waals surface area contributed by atoms with Crippen molar-refractivity contribution < 1.29 is 28.5 Å². The summed E-state index contributed by atoms with van der Waals surface area (Å²) in [6.45, 7) is 27.8. The zero-order valence-corrected chi connectivity index (χ0v) is 25.5. The quantitative estimate of drug-likeness (QED) is 0.212. The average Bonchev–Trinajstić information content (AvgIpc) is 2.90. The Balaban J connectivity index is 0. The minimum atomic E-state index is -0.381. The summed E-state index contributed by atoms with van der Waals surface area (Å²) >= 11 is 0. The summed E-state index contributed by atoms with van der Waals surface area (Å²) in [6, 6.07) is 0. The van der Waals surface area contributed by atoms with Crippen molar-refractivity contribution in [2.24, 2.45) is 17.8 Å². The topological polar surface area (TPSA) is 71.1 Å². The van der Waals surface area contributed by atoms with Gasteiger partial charge in [-0.25, -0.2) is 9.59 Å². The van der Waals surface area contributed by atoms with Gasteiger partial charge in [0, 0.05) is 24.2 Å². The third-order valence-electron chi connectivity index (χ3n) is 6.09. The van der Waals surface area contributed by atoms with Gasteiger partial charge in [0.05, 0.1) is 12.7 Å². The van der Waals surface area contributed by atoms with Crippen LogP contribution in [0.5, 0.6) is 0 Å². The highest BCUT2D eigenvalue weighted by atomic mass is 16.7. The van der Waals surface area contributed by atoms with Crippen LogP contribution in [0.15, 0.2) is 24.3 Å². The maximum absolute atomic E-state index is 11.7. The number of carbonyl (C=O) groups excluding carboxylic acids is 2. The normalized spacial score (nSPS) is 22.5. The van der Waals surface area contributed by atoms with Crippen LogP contribution in [0.4, 0.5) is 0 Å². The minimum absolute atomic E-state index is 0.0875. The molecule has 2 fully saturated rings. The number of ether oxygens (including phenoxy) is 4. The summed E-state index contributed by atoms with van der Waals surface area (Å²) < 4.78 is 21.5. The first kappa shape index (κ1) is 37.5. The van der Waals surface area contributed by atoms with Crippen LogP contribution in [-0.2, 0) is 28.5 Å². The van der Waals surface area contributed by atoms with E-state index in [4.69, 9.17) is 18.9 Å². The van der Waals surface area contributed by atoms with Crippen molar-refractivity contribution in [3.8, 4) is 0 Å². The molecule has 0 aliphatic carbocycles. The first-order valence-electron chi connectivity index (χ1n) is 14.6. The van der Waals surface area contributed by atoms with Gasteiger partial charge in [0.15, 0.2) is 0 Å². The van der Waals surface area contributed by atoms with E-state index in [9.17, 15) is 9.59 Å². The van der Waals surface area contributed by atoms with Crippen LogP contribution in [0.25, 0.3) is 0 Å². The Morgan fingerprint density at radius 2 is 1.62 bits per heavy atom. The third kappa shape index (κ3) is 17.5. The molecule has 0 amide bonds. The fourth-order valence-electron chi connectivity index (χ4n) is 3.95. The molecule has 0 bridgehead atoms. The van der Waals surface area contributed by atoms with Crippen LogP contribution >= 0.6 is 0 Å². The van der Waals surface area contributed by atoms with E-state index in [1.165, 1.54) is 0 Å². The van der Waals surface area contributed by atoms with E-state index in [0.29, 0.717) is 55.0 Å². The van der Waals surface area contributed by atoms with Crippen molar-refractivity contribution in [3.05, 3.63) is 24.3 Å². The molecule has 0 radical (unpaired) electrons. The Kier molecular flexibility index (Phi) is 23.8. The SMILES string of the molecule is C=C(CC(C)C)C(=O)OCC1CCCCO1.C=C(CCC)C(=O)OC1CC(C)C(CC)CO1.CC.CC. The van der Waals surface area contributed by atoms with Crippen molar-refractivity contribution in [2.45, 2.75) is 126 Å². The first-order valence-corrected chi connectivity index (χ1v) is 14.6. The van der Waals surface area contributed by atoms with E-state index in [-0.39, 0.29) is 24.3 Å². The van der Waals surface area contributed by atoms with Gasteiger partial charge in [0.25, 0.3) is 0 Å². The highest BCUT2D eigenvalue weighted by Gasteiger charge is 2.29. The average molecular weight is 527 g/mol. The van der Waals surface area contributed by atoms with Crippen molar-refractivity contribution in [3.63, 3.8) is 0 Å². The summed E-state index contributed by atoms with van der Waals surface area (Å²) in [7, 11) is 0. The Hall–Kier alpha value is -1.66. The molecule has 2 rings (SSSR count). The van der Waals surface area contributed by atoms with Gasteiger partial charge in [-0.2, -0.15) is 0 Å². The molecule has 0 saturated carbocycles. The molecule has 4 unspecified atom stereocenters. The van der Waals surface area contributed by atoms with E-state index in [2.05, 4.69) is 40.9 Å². The molecule has 0 aromatic heterocycles. The van der Waals surface area contributed by atoms with E-state index in [1.54, 1.807) is 0 Å². The molecule has 2 aliphatic rings. The summed E-state index contributed by atoms with van der Waals surface area (Å²) in [5.74, 6) is 0.989. The van der Waals surface area contributed by atoms with Gasteiger partial charge < -0.3 is 18.9 Å². The molecule has 4 atom stereocenters. The number of carbonyl (C=O) groups is 2. The lowest BCUT2D eigenvalue weighted by atomic mass is 9.88. The monoisotopic (exact) mass is 526 g/mol. The molecule has 2 saturated heterocycles. The molecule has 0 spiro atoms. The van der Waals surface area contributed by atoms with Crippen LogP contribution in [0.1, 0.15) is 114 Å². The van der Waals surface area contributed by atoms with Gasteiger partial charge in [0.2, 0.25) is 6.29 Å². The fourth-order valence-corrected chi connectivity index (χ4v) is 3.95. The number of hydrogen-bond acceptors (Lipinski definition) is 6. The predicted octanol–water partition coefficient (Wildman–Crippen LogP) is 8.05. The number of rotatable bonds is 10. The smallest absolute Gasteiger partial charge is 0.335 e.